The maximum absolute atomic E-state index is 11.8. The highest BCUT2D eigenvalue weighted by Gasteiger charge is 2.19. The van der Waals surface area contributed by atoms with Gasteiger partial charge in [-0.15, -0.1) is 0 Å². The lowest BCUT2D eigenvalue weighted by atomic mass is 10.1. The van der Waals surface area contributed by atoms with Gasteiger partial charge in [0.05, 0.1) is 0 Å². The van der Waals surface area contributed by atoms with Gasteiger partial charge in [-0.3, -0.25) is 4.79 Å². The van der Waals surface area contributed by atoms with E-state index in [0.717, 1.165) is 6.42 Å². The number of esters is 1. The fraction of sp³-hybridized carbons (Fsp3) is 0.833. The SMILES string of the molecule is O=C1CCCC(CF)O1. The lowest BCUT2D eigenvalue weighted by Crippen LogP contribution is -2.24. The van der Waals surface area contributed by atoms with Gasteiger partial charge in [0, 0.05) is 6.42 Å². The van der Waals surface area contributed by atoms with Crippen LogP contribution in [0, 0.1) is 0 Å². The van der Waals surface area contributed by atoms with Crippen molar-refractivity contribution < 1.29 is 13.9 Å². The van der Waals surface area contributed by atoms with Crippen LogP contribution in [-0.2, 0) is 9.53 Å². The fourth-order valence-electron chi connectivity index (χ4n) is 0.886. The van der Waals surface area contributed by atoms with Crippen molar-refractivity contribution in [1.82, 2.24) is 0 Å². The first-order valence-corrected chi connectivity index (χ1v) is 3.08. The highest BCUT2D eigenvalue weighted by molar-refractivity contribution is 5.70. The molecule has 0 radical (unpaired) electrons. The molecular weight excluding hydrogens is 123 g/mol. The number of halogens is 1. The minimum Gasteiger partial charge on any atom is -0.460 e. The van der Waals surface area contributed by atoms with Crippen LogP contribution in [0.3, 0.4) is 0 Å². The van der Waals surface area contributed by atoms with Gasteiger partial charge in [-0.25, -0.2) is 4.39 Å². The van der Waals surface area contributed by atoms with Crippen LogP contribution in [0.5, 0.6) is 0 Å². The third kappa shape index (κ3) is 1.66. The summed E-state index contributed by atoms with van der Waals surface area (Å²) < 4.78 is 16.4. The molecular formula is C6H9FO2. The van der Waals surface area contributed by atoms with Gasteiger partial charge in [-0.05, 0) is 12.8 Å². The molecule has 0 spiro atoms. The summed E-state index contributed by atoms with van der Waals surface area (Å²) in [4.78, 5) is 10.4. The number of carbonyl (C=O) groups excluding carboxylic acids is 1. The van der Waals surface area contributed by atoms with Gasteiger partial charge < -0.3 is 4.74 Å². The monoisotopic (exact) mass is 132 g/mol. The molecule has 1 aliphatic rings. The van der Waals surface area contributed by atoms with E-state index in [0.29, 0.717) is 12.8 Å². The normalized spacial score (nSPS) is 27.7. The Morgan fingerprint density at radius 2 is 2.56 bits per heavy atom. The van der Waals surface area contributed by atoms with Crippen LogP contribution in [0.15, 0.2) is 0 Å². The molecule has 1 saturated heterocycles. The second-order valence-corrected chi connectivity index (χ2v) is 2.16. The molecule has 1 atom stereocenters. The smallest absolute Gasteiger partial charge is 0.306 e. The van der Waals surface area contributed by atoms with Gasteiger partial charge >= 0.3 is 5.97 Å². The van der Waals surface area contributed by atoms with E-state index in [-0.39, 0.29) is 5.97 Å². The lowest BCUT2D eigenvalue weighted by molar-refractivity contribution is -0.154. The number of alkyl halides is 1. The first-order valence-electron chi connectivity index (χ1n) is 3.08. The van der Waals surface area contributed by atoms with Crippen LogP contribution in [-0.4, -0.2) is 18.7 Å². The Bertz CT molecular complexity index is 114. The third-order valence-electron chi connectivity index (χ3n) is 1.38. The second kappa shape index (κ2) is 2.80. The summed E-state index contributed by atoms with van der Waals surface area (Å²) in [7, 11) is 0. The molecule has 0 N–H and O–H groups in total. The molecule has 1 rings (SSSR count). The molecule has 1 heterocycles. The van der Waals surface area contributed by atoms with Crippen molar-refractivity contribution in [3.8, 4) is 0 Å². The number of rotatable bonds is 1. The number of cyclic esters (lactones) is 1. The van der Waals surface area contributed by atoms with Crippen molar-refractivity contribution in [3.05, 3.63) is 0 Å². The van der Waals surface area contributed by atoms with E-state index in [1.807, 2.05) is 0 Å². The topological polar surface area (TPSA) is 26.3 Å². The molecule has 52 valence electrons. The molecule has 0 amide bonds. The van der Waals surface area contributed by atoms with Gasteiger partial charge in [0.2, 0.25) is 0 Å². The molecule has 9 heavy (non-hydrogen) atoms. The second-order valence-electron chi connectivity index (χ2n) is 2.16. The Balaban J connectivity index is 2.32. The first kappa shape index (κ1) is 6.52. The molecule has 0 aromatic heterocycles. The fourth-order valence-corrected chi connectivity index (χ4v) is 0.886. The van der Waals surface area contributed by atoms with Crippen LogP contribution < -0.4 is 0 Å². The quantitative estimate of drug-likeness (QED) is 0.498. The van der Waals surface area contributed by atoms with Crippen molar-refractivity contribution in [1.29, 1.82) is 0 Å². The van der Waals surface area contributed by atoms with Gasteiger partial charge in [0.1, 0.15) is 12.8 Å². The highest BCUT2D eigenvalue weighted by atomic mass is 19.1. The van der Waals surface area contributed by atoms with Gasteiger partial charge in [-0.1, -0.05) is 0 Å². The van der Waals surface area contributed by atoms with E-state index in [1.165, 1.54) is 0 Å². The Morgan fingerprint density at radius 3 is 3.00 bits per heavy atom. The van der Waals surface area contributed by atoms with E-state index < -0.39 is 12.8 Å². The predicted molar refractivity (Wildman–Crippen MR) is 29.7 cm³/mol. The van der Waals surface area contributed by atoms with Crippen LogP contribution in [0.1, 0.15) is 19.3 Å². The summed E-state index contributed by atoms with van der Waals surface area (Å²) in [6.45, 7) is -0.536. The average Bonchev–Trinajstić information content (AvgIpc) is 1.88. The molecule has 1 aliphatic heterocycles. The van der Waals surface area contributed by atoms with E-state index in [9.17, 15) is 9.18 Å². The summed E-state index contributed by atoms with van der Waals surface area (Å²) in [5.74, 6) is -0.260. The zero-order valence-corrected chi connectivity index (χ0v) is 5.10. The number of ether oxygens (including phenoxy) is 1. The van der Waals surface area contributed by atoms with E-state index in [1.54, 1.807) is 0 Å². The standard InChI is InChI=1S/C6H9FO2/c7-4-5-2-1-3-6(8)9-5/h5H,1-4H2. The van der Waals surface area contributed by atoms with E-state index in [4.69, 9.17) is 0 Å². The molecule has 0 bridgehead atoms. The maximum atomic E-state index is 11.8. The van der Waals surface area contributed by atoms with Crippen molar-refractivity contribution in [2.75, 3.05) is 6.67 Å². The molecule has 0 saturated carbocycles. The third-order valence-corrected chi connectivity index (χ3v) is 1.38. The summed E-state index contributed by atoms with van der Waals surface area (Å²) in [6, 6.07) is 0. The summed E-state index contributed by atoms with van der Waals surface area (Å²) in [5.41, 5.74) is 0. The summed E-state index contributed by atoms with van der Waals surface area (Å²) in [5, 5.41) is 0. The van der Waals surface area contributed by atoms with Gasteiger partial charge in [-0.2, -0.15) is 0 Å². The molecule has 3 heteroatoms. The van der Waals surface area contributed by atoms with Gasteiger partial charge in [0.15, 0.2) is 0 Å². The molecule has 0 aliphatic carbocycles. The molecule has 0 aromatic rings. The average molecular weight is 132 g/mol. The summed E-state index contributed by atoms with van der Waals surface area (Å²) >= 11 is 0. The van der Waals surface area contributed by atoms with Crippen molar-refractivity contribution >= 4 is 5.97 Å². The molecule has 0 aromatic carbocycles. The van der Waals surface area contributed by atoms with Crippen molar-refractivity contribution in [3.63, 3.8) is 0 Å². The minimum atomic E-state index is -0.536. The van der Waals surface area contributed by atoms with Gasteiger partial charge in [0.25, 0.3) is 0 Å². The molecule has 1 fully saturated rings. The number of carbonyl (C=O) groups is 1. The summed E-state index contributed by atoms with van der Waals surface area (Å²) in [6.07, 6.45) is 1.46. The maximum Gasteiger partial charge on any atom is 0.306 e. The van der Waals surface area contributed by atoms with Crippen LogP contribution in [0.2, 0.25) is 0 Å². The molecule has 1 unspecified atom stereocenters. The highest BCUT2D eigenvalue weighted by Crippen LogP contribution is 2.13. The van der Waals surface area contributed by atoms with Crippen molar-refractivity contribution in [2.24, 2.45) is 0 Å². The zero-order valence-electron chi connectivity index (χ0n) is 5.10. The Labute approximate surface area is 53.0 Å². The van der Waals surface area contributed by atoms with Crippen molar-refractivity contribution in [2.45, 2.75) is 25.4 Å². The predicted octanol–water partition coefficient (Wildman–Crippen LogP) is 1.05. The zero-order chi connectivity index (χ0) is 6.69. The number of hydrogen-bond donors (Lipinski definition) is 0. The Morgan fingerprint density at radius 1 is 1.78 bits per heavy atom. The Kier molecular flexibility index (Phi) is 2.03. The first-order chi connectivity index (χ1) is 4.33. The molecule has 2 nitrogen and oxygen atoms in total. The van der Waals surface area contributed by atoms with E-state index >= 15 is 0 Å². The number of hydrogen-bond acceptors (Lipinski definition) is 2. The minimum absolute atomic E-state index is 0.260. The lowest BCUT2D eigenvalue weighted by Gasteiger charge is -2.18. The van der Waals surface area contributed by atoms with Crippen LogP contribution >= 0.6 is 0 Å². The van der Waals surface area contributed by atoms with E-state index in [2.05, 4.69) is 4.74 Å². The largest absolute Gasteiger partial charge is 0.460 e. The van der Waals surface area contributed by atoms with Crippen LogP contribution in [0.4, 0.5) is 4.39 Å². The van der Waals surface area contributed by atoms with Crippen LogP contribution in [0.25, 0.3) is 0 Å². The Hall–Kier alpha value is -0.600.